The third-order valence-corrected chi connectivity index (χ3v) is 19.7. The molecule has 4 aromatic carbocycles. The molecule has 0 aliphatic rings. The Morgan fingerprint density at radius 2 is 0.471 bits per heavy atom. The van der Waals surface area contributed by atoms with Gasteiger partial charge in [-0.2, -0.15) is 0 Å². The molecule has 0 heterocycles. The molecular formula is C76H126BaO6S2. The molecule has 0 aliphatic heterocycles. The summed E-state index contributed by atoms with van der Waals surface area (Å²) in [6, 6.07) is 19.0. The first kappa shape index (κ1) is 79.9. The van der Waals surface area contributed by atoms with Crippen molar-refractivity contribution in [1.82, 2.24) is 0 Å². The first-order chi connectivity index (χ1) is 40.9. The molecule has 480 valence electrons. The van der Waals surface area contributed by atoms with Gasteiger partial charge in [-0.1, -0.05) is 359 Å². The van der Waals surface area contributed by atoms with E-state index in [9.17, 15) is 25.9 Å². The Hall–Kier alpha value is -1.21. The van der Waals surface area contributed by atoms with Crippen LogP contribution in [0, 0.1) is 0 Å². The van der Waals surface area contributed by atoms with E-state index in [1.54, 1.807) is 12.1 Å². The van der Waals surface area contributed by atoms with Gasteiger partial charge in [-0.3, -0.25) is 0 Å². The third kappa shape index (κ3) is 38.3. The molecule has 0 unspecified atom stereocenters. The summed E-state index contributed by atoms with van der Waals surface area (Å²) in [5.41, 5.74) is 4.65. The zero-order valence-electron chi connectivity index (χ0n) is 55.5. The Balaban J connectivity index is 0.000000573. The van der Waals surface area contributed by atoms with Gasteiger partial charge in [0.1, 0.15) is 20.2 Å². The van der Waals surface area contributed by atoms with Gasteiger partial charge in [-0.25, -0.2) is 16.8 Å². The summed E-state index contributed by atoms with van der Waals surface area (Å²) in [5, 5.41) is 3.12. The maximum Gasteiger partial charge on any atom is 2.00 e. The van der Waals surface area contributed by atoms with Gasteiger partial charge < -0.3 is 9.11 Å². The molecule has 4 rings (SSSR count). The fraction of sp³-hybridized carbons (Fsp3) is 0.737. The van der Waals surface area contributed by atoms with Crippen LogP contribution in [0.1, 0.15) is 358 Å². The van der Waals surface area contributed by atoms with E-state index < -0.39 is 20.2 Å². The van der Waals surface area contributed by atoms with Crippen molar-refractivity contribution in [3.63, 3.8) is 0 Å². The fourth-order valence-electron chi connectivity index (χ4n) is 12.9. The van der Waals surface area contributed by atoms with Crippen LogP contribution in [0.4, 0.5) is 0 Å². The van der Waals surface area contributed by atoms with Gasteiger partial charge in [-0.05, 0) is 96.5 Å². The number of benzene rings is 4. The van der Waals surface area contributed by atoms with E-state index in [0.29, 0.717) is 10.8 Å². The van der Waals surface area contributed by atoms with Gasteiger partial charge >= 0.3 is 48.9 Å². The Morgan fingerprint density at radius 3 is 0.682 bits per heavy atom. The molecule has 85 heavy (non-hydrogen) atoms. The molecule has 0 spiro atoms. The molecule has 0 radical (unpaired) electrons. The maximum absolute atomic E-state index is 12.1. The van der Waals surface area contributed by atoms with Crippen LogP contribution in [0.2, 0.25) is 0 Å². The second-order valence-electron chi connectivity index (χ2n) is 25.7. The number of hydrogen-bond donors (Lipinski definition) is 0. The Labute approximate surface area is 565 Å². The van der Waals surface area contributed by atoms with Crippen LogP contribution in [0.3, 0.4) is 0 Å². The summed E-state index contributed by atoms with van der Waals surface area (Å²) in [5.74, 6) is 0. The van der Waals surface area contributed by atoms with Gasteiger partial charge in [0.15, 0.2) is 0 Å². The van der Waals surface area contributed by atoms with Crippen LogP contribution in [-0.2, 0) is 45.9 Å². The topological polar surface area (TPSA) is 114 Å². The summed E-state index contributed by atoms with van der Waals surface area (Å²) in [7, 11) is -9.02. The van der Waals surface area contributed by atoms with Crippen LogP contribution in [0.25, 0.3) is 21.5 Å². The Kier molecular flexibility index (Phi) is 49.3. The average molecular weight is 1340 g/mol. The molecule has 4 aromatic rings. The normalized spacial score (nSPS) is 11.8. The van der Waals surface area contributed by atoms with Crippen molar-refractivity contribution >= 4 is 90.7 Å². The molecule has 0 amide bonds. The van der Waals surface area contributed by atoms with Crippen LogP contribution in [0.5, 0.6) is 0 Å². The maximum atomic E-state index is 12.1. The van der Waals surface area contributed by atoms with Crippen molar-refractivity contribution in [2.24, 2.45) is 0 Å². The molecule has 0 bridgehead atoms. The van der Waals surface area contributed by atoms with Crippen LogP contribution >= 0.6 is 0 Å². The summed E-state index contributed by atoms with van der Waals surface area (Å²) in [4.78, 5) is -0.100. The predicted molar refractivity (Wildman–Crippen MR) is 369 cm³/mol. The van der Waals surface area contributed by atoms with Gasteiger partial charge in [0.25, 0.3) is 0 Å². The molecule has 0 saturated heterocycles. The van der Waals surface area contributed by atoms with E-state index in [1.807, 2.05) is 12.1 Å². The molecule has 0 fully saturated rings. The van der Waals surface area contributed by atoms with E-state index in [4.69, 9.17) is 0 Å². The van der Waals surface area contributed by atoms with Crippen LogP contribution < -0.4 is 0 Å². The number of unbranched alkanes of at least 4 members (excludes halogenated alkanes) is 44. The third-order valence-electron chi connectivity index (χ3n) is 17.9. The SMILES string of the molecule is CCCCCCCCCCCCCCc1cc(CCCCCCCCCCCCCC)c2c(S(=O)(=O)[O-])cccc2c1.CCCCCCCCCCCCCCc1cc(CCCCCCCCCCCCCC)c2c(S(=O)(=O)[O-])cccc2c1.[Ba+2]. The number of rotatable bonds is 54. The molecule has 0 aromatic heterocycles. The van der Waals surface area contributed by atoms with E-state index in [0.717, 1.165) is 73.3 Å². The smallest absolute Gasteiger partial charge is 0.744 e. The van der Waals surface area contributed by atoms with Crippen molar-refractivity contribution in [2.75, 3.05) is 0 Å². The summed E-state index contributed by atoms with van der Waals surface area (Å²) in [6.45, 7) is 9.09. The van der Waals surface area contributed by atoms with Crippen molar-refractivity contribution in [1.29, 1.82) is 0 Å². The van der Waals surface area contributed by atoms with Gasteiger partial charge in [-0.15, -0.1) is 0 Å². The summed E-state index contributed by atoms with van der Waals surface area (Å²) >= 11 is 0. The van der Waals surface area contributed by atoms with E-state index >= 15 is 0 Å². The molecule has 0 N–H and O–H groups in total. The second-order valence-corrected chi connectivity index (χ2v) is 28.4. The fourth-order valence-corrected chi connectivity index (χ4v) is 14.3. The van der Waals surface area contributed by atoms with Crippen LogP contribution in [0.15, 0.2) is 70.5 Å². The van der Waals surface area contributed by atoms with Gasteiger partial charge in [0, 0.05) is 10.8 Å². The standard InChI is InChI=1S/2C38H64O3S.Ba/c2*1-3-5-7-9-11-13-15-17-19-21-23-25-28-34-32-35(38-36(33-34)30-27-31-37(38)42(39,40)41)29-26-24-22-20-18-16-14-12-10-8-6-4-2;/h2*27,30-33H,3-26,28-29H2,1-2H3,(H,39,40,41);/q;;+2/p-2. The number of fused-ring (bicyclic) bond motifs is 2. The van der Waals surface area contributed by atoms with Crippen molar-refractivity contribution < 1.29 is 25.9 Å². The quantitative estimate of drug-likeness (QED) is 0.0247. The van der Waals surface area contributed by atoms with E-state index in [2.05, 4.69) is 52.0 Å². The minimum Gasteiger partial charge on any atom is -0.744 e. The van der Waals surface area contributed by atoms with Crippen molar-refractivity contribution in [2.45, 2.75) is 371 Å². The van der Waals surface area contributed by atoms with Gasteiger partial charge in [0.05, 0.1) is 9.79 Å². The largest absolute Gasteiger partial charge is 2.00 e. The number of hydrogen-bond acceptors (Lipinski definition) is 6. The molecule has 0 aliphatic carbocycles. The summed E-state index contributed by atoms with van der Waals surface area (Å²) in [6.07, 6.45) is 67.2. The molecule has 0 saturated carbocycles. The summed E-state index contributed by atoms with van der Waals surface area (Å²) < 4.78 is 72.6. The Morgan fingerprint density at radius 1 is 0.271 bits per heavy atom. The van der Waals surface area contributed by atoms with Crippen LogP contribution in [-0.4, -0.2) is 74.8 Å². The average Bonchev–Trinajstić information content (AvgIpc) is 3.68. The molecular weight excluding hydrogens is 1210 g/mol. The molecule has 6 nitrogen and oxygen atoms in total. The molecule has 0 atom stereocenters. The monoisotopic (exact) mass is 1340 g/mol. The first-order valence-electron chi connectivity index (χ1n) is 35.9. The first-order valence-corrected chi connectivity index (χ1v) is 38.8. The van der Waals surface area contributed by atoms with Crippen molar-refractivity contribution in [3.05, 3.63) is 82.9 Å². The van der Waals surface area contributed by atoms with E-state index in [1.165, 1.54) is 306 Å². The zero-order valence-corrected chi connectivity index (χ0v) is 61.6. The second kappa shape index (κ2) is 52.4. The molecule has 9 heteroatoms. The Bertz CT molecular complexity index is 2300. The van der Waals surface area contributed by atoms with Gasteiger partial charge in [0.2, 0.25) is 0 Å². The zero-order chi connectivity index (χ0) is 60.6. The predicted octanol–water partition coefficient (Wildman–Crippen LogP) is 24.1. The minimum atomic E-state index is -4.51. The van der Waals surface area contributed by atoms with Crippen molar-refractivity contribution in [3.8, 4) is 0 Å². The van der Waals surface area contributed by atoms with E-state index in [-0.39, 0.29) is 58.7 Å². The number of aryl methyl sites for hydroxylation is 4. The minimum absolute atomic E-state index is 0.